The van der Waals surface area contributed by atoms with Gasteiger partial charge in [-0.05, 0) is 38.8 Å². The van der Waals surface area contributed by atoms with Crippen LogP contribution in [0.5, 0.6) is 0 Å². The quantitative estimate of drug-likeness (QED) is 0.800. The molecule has 0 atom stereocenters. The van der Waals surface area contributed by atoms with E-state index in [1.807, 2.05) is 0 Å². The Hall–Kier alpha value is -0.900. The molecule has 1 N–H and O–H groups in total. The first-order valence-electron chi connectivity index (χ1n) is 5.83. The maximum absolute atomic E-state index is 5.36. The van der Waals surface area contributed by atoms with Crippen molar-refractivity contribution in [2.45, 2.75) is 43.9 Å². The molecule has 0 unspecified atom stereocenters. The highest BCUT2D eigenvalue weighted by Crippen LogP contribution is 2.46. The molecule has 2 aliphatic rings. The van der Waals surface area contributed by atoms with Crippen LogP contribution in [-0.4, -0.2) is 23.2 Å². The number of nitrogens with one attached hydrogen (secondary N) is 1. The zero-order valence-corrected chi connectivity index (χ0v) is 9.12. The normalized spacial score (nSPS) is 25.4. The van der Waals surface area contributed by atoms with Crippen LogP contribution in [0.1, 0.15) is 50.2 Å². The van der Waals surface area contributed by atoms with Crippen molar-refractivity contribution in [3.05, 3.63) is 11.7 Å². The van der Waals surface area contributed by atoms with Crippen molar-refractivity contribution < 1.29 is 4.52 Å². The summed E-state index contributed by atoms with van der Waals surface area (Å²) in [6.07, 6.45) is 4.66. The first kappa shape index (κ1) is 9.33. The second kappa shape index (κ2) is 3.30. The van der Waals surface area contributed by atoms with E-state index in [4.69, 9.17) is 4.52 Å². The topological polar surface area (TPSA) is 51.0 Å². The summed E-state index contributed by atoms with van der Waals surface area (Å²) in [6.45, 7) is 4.35. The van der Waals surface area contributed by atoms with Crippen molar-refractivity contribution >= 4 is 0 Å². The molecular weight excluding hydrogens is 190 g/mol. The number of piperidine rings is 1. The first-order chi connectivity index (χ1) is 7.28. The fourth-order valence-electron chi connectivity index (χ4n) is 2.13. The molecule has 82 valence electrons. The summed E-state index contributed by atoms with van der Waals surface area (Å²) in [5, 5.41) is 7.48. The number of hydrogen-bond donors (Lipinski definition) is 1. The monoisotopic (exact) mass is 207 g/mol. The van der Waals surface area contributed by atoms with Crippen molar-refractivity contribution in [2.75, 3.05) is 13.1 Å². The predicted octanol–water partition coefficient (Wildman–Crippen LogP) is 1.59. The van der Waals surface area contributed by atoms with Crippen LogP contribution in [0.3, 0.4) is 0 Å². The van der Waals surface area contributed by atoms with Gasteiger partial charge in [0.15, 0.2) is 5.82 Å². The van der Waals surface area contributed by atoms with Crippen LogP contribution >= 0.6 is 0 Å². The third-order valence-electron chi connectivity index (χ3n) is 3.66. The summed E-state index contributed by atoms with van der Waals surface area (Å²) in [7, 11) is 0. The van der Waals surface area contributed by atoms with E-state index in [-0.39, 0.29) is 5.41 Å². The molecule has 3 rings (SSSR count). The summed E-state index contributed by atoms with van der Waals surface area (Å²) in [6, 6.07) is 0. The van der Waals surface area contributed by atoms with Gasteiger partial charge in [-0.25, -0.2) is 0 Å². The van der Waals surface area contributed by atoms with Gasteiger partial charge in [-0.3, -0.25) is 0 Å². The summed E-state index contributed by atoms with van der Waals surface area (Å²) < 4.78 is 5.36. The fraction of sp³-hybridized carbons (Fsp3) is 0.818. The van der Waals surface area contributed by atoms with E-state index in [0.717, 1.165) is 37.6 Å². The Bertz CT molecular complexity index is 350. The fourth-order valence-corrected chi connectivity index (χ4v) is 2.13. The van der Waals surface area contributed by atoms with Crippen LogP contribution in [0.25, 0.3) is 0 Å². The molecule has 0 bridgehead atoms. The molecule has 1 aliphatic heterocycles. The van der Waals surface area contributed by atoms with Crippen molar-refractivity contribution in [2.24, 2.45) is 0 Å². The summed E-state index contributed by atoms with van der Waals surface area (Å²) in [5.74, 6) is 2.29. The maximum Gasteiger partial charge on any atom is 0.232 e. The molecule has 0 aromatic carbocycles. The number of rotatable bonds is 2. The molecule has 1 aromatic rings. The van der Waals surface area contributed by atoms with Gasteiger partial charge in [-0.2, -0.15) is 4.98 Å². The Kier molecular flexibility index (Phi) is 2.06. The van der Waals surface area contributed by atoms with Crippen molar-refractivity contribution in [1.82, 2.24) is 15.5 Å². The second-order valence-corrected chi connectivity index (χ2v) is 5.04. The molecule has 15 heavy (non-hydrogen) atoms. The van der Waals surface area contributed by atoms with Crippen LogP contribution in [0.4, 0.5) is 0 Å². The molecule has 4 nitrogen and oxygen atoms in total. The zero-order chi connectivity index (χ0) is 10.3. The predicted molar refractivity (Wildman–Crippen MR) is 55.7 cm³/mol. The molecule has 0 radical (unpaired) electrons. The van der Waals surface area contributed by atoms with Crippen LogP contribution in [0.2, 0.25) is 0 Å². The Morgan fingerprint density at radius 1 is 1.33 bits per heavy atom. The standard InChI is InChI=1S/C11H17N3O/c1-11(4-5-11)10-13-9(14-15-10)8-2-6-12-7-3-8/h8,12H,2-7H2,1H3. The highest BCUT2D eigenvalue weighted by molar-refractivity contribution is 5.13. The molecule has 1 aliphatic carbocycles. The highest BCUT2D eigenvalue weighted by Gasteiger charge is 2.44. The molecule has 1 aromatic heterocycles. The minimum Gasteiger partial charge on any atom is -0.339 e. The van der Waals surface area contributed by atoms with Crippen LogP contribution in [0, 0.1) is 0 Å². The molecule has 2 fully saturated rings. The maximum atomic E-state index is 5.36. The number of nitrogens with zero attached hydrogens (tertiary/aromatic N) is 2. The van der Waals surface area contributed by atoms with Gasteiger partial charge in [0.05, 0.1) is 0 Å². The summed E-state index contributed by atoms with van der Waals surface area (Å²) >= 11 is 0. The third kappa shape index (κ3) is 1.67. The Balaban J connectivity index is 1.77. The Labute approximate surface area is 89.4 Å². The van der Waals surface area contributed by atoms with E-state index in [2.05, 4.69) is 22.4 Å². The molecule has 2 heterocycles. The lowest BCUT2D eigenvalue weighted by Crippen LogP contribution is -2.27. The average molecular weight is 207 g/mol. The van der Waals surface area contributed by atoms with Crippen LogP contribution in [0.15, 0.2) is 4.52 Å². The van der Waals surface area contributed by atoms with Gasteiger partial charge in [0.2, 0.25) is 5.89 Å². The molecule has 0 spiro atoms. The van der Waals surface area contributed by atoms with Gasteiger partial charge in [0, 0.05) is 11.3 Å². The van der Waals surface area contributed by atoms with E-state index in [9.17, 15) is 0 Å². The summed E-state index contributed by atoms with van der Waals surface area (Å²) in [4.78, 5) is 4.56. The van der Waals surface area contributed by atoms with Crippen molar-refractivity contribution in [1.29, 1.82) is 0 Å². The van der Waals surface area contributed by atoms with E-state index in [0.29, 0.717) is 5.92 Å². The van der Waals surface area contributed by atoms with Gasteiger partial charge < -0.3 is 9.84 Å². The second-order valence-electron chi connectivity index (χ2n) is 5.04. The van der Waals surface area contributed by atoms with Gasteiger partial charge in [-0.15, -0.1) is 0 Å². The van der Waals surface area contributed by atoms with Gasteiger partial charge in [-0.1, -0.05) is 12.1 Å². The molecular formula is C11H17N3O. The lowest BCUT2D eigenvalue weighted by atomic mass is 9.97. The Morgan fingerprint density at radius 2 is 2.07 bits per heavy atom. The largest absolute Gasteiger partial charge is 0.339 e. The van der Waals surface area contributed by atoms with Crippen molar-refractivity contribution in [3.8, 4) is 0 Å². The van der Waals surface area contributed by atoms with Crippen LogP contribution in [-0.2, 0) is 5.41 Å². The molecule has 0 amide bonds. The molecule has 1 saturated heterocycles. The minimum absolute atomic E-state index is 0.207. The van der Waals surface area contributed by atoms with Gasteiger partial charge >= 0.3 is 0 Å². The minimum atomic E-state index is 0.207. The number of hydrogen-bond acceptors (Lipinski definition) is 4. The third-order valence-corrected chi connectivity index (χ3v) is 3.66. The number of aromatic nitrogens is 2. The SMILES string of the molecule is CC1(c2nc(C3CCNCC3)no2)CC1. The first-order valence-corrected chi connectivity index (χ1v) is 5.83. The van der Waals surface area contributed by atoms with Crippen molar-refractivity contribution in [3.63, 3.8) is 0 Å². The lowest BCUT2D eigenvalue weighted by molar-refractivity contribution is 0.341. The van der Waals surface area contributed by atoms with E-state index in [1.165, 1.54) is 12.8 Å². The van der Waals surface area contributed by atoms with Crippen LogP contribution < -0.4 is 5.32 Å². The zero-order valence-electron chi connectivity index (χ0n) is 9.12. The summed E-state index contributed by atoms with van der Waals surface area (Å²) in [5.41, 5.74) is 0.207. The molecule has 1 saturated carbocycles. The van der Waals surface area contributed by atoms with E-state index >= 15 is 0 Å². The van der Waals surface area contributed by atoms with Gasteiger partial charge in [0.25, 0.3) is 0 Å². The lowest BCUT2D eigenvalue weighted by Gasteiger charge is -2.19. The average Bonchev–Trinajstić information content (AvgIpc) is 2.85. The van der Waals surface area contributed by atoms with E-state index < -0.39 is 0 Å². The molecule has 4 heteroatoms. The Morgan fingerprint density at radius 3 is 2.73 bits per heavy atom. The highest BCUT2D eigenvalue weighted by atomic mass is 16.5. The van der Waals surface area contributed by atoms with E-state index in [1.54, 1.807) is 0 Å². The van der Waals surface area contributed by atoms with Gasteiger partial charge in [0.1, 0.15) is 0 Å². The smallest absolute Gasteiger partial charge is 0.232 e.